The van der Waals surface area contributed by atoms with Crippen molar-refractivity contribution in [1.29, 1.82) is 0 Å². The summed E-state index contributed by atoms with van der Waals surface area (Å²) in [5.74, 6) is 0. The Morgan fingerprint density at radius 3 is 1.91 bits per heavy atom. The zero-order valence-corrected chi connectivity index (χ0v) is 29.0. The molecule has 3 nitrogen and oxygen atoms in total. The lowest BCUT2D eigenvalue weighted by atomic mass is 9.95. The number of hydrogen-bond acceptors (Lipinski definition) is 3. The fraction of sp³-hybridized carbons (Fsp3) is 0.310. The monoisotopic (exact) mass is 627 g/mol. The number of aromatic nitrogens is 1. The van der Waals surface area contributed by atoms with Gasteiger partial charge in [-0.3, -0.25) is 9.88 Å². The van der Waals surface area contributed by atoms with E-state index in [1.807, 2.05) is 18.3 Å². The largest absolute Gasteiger partial charge is 0.364 e. The molecular weight excluding hydrogens is 582 g/mol. The molecule has 0 aliphatic carbocycles. The highest BCUT2D eigenvalue weighted by Crippen LogP contribution is 2.31. The first-order valence-electron chi connectivity index (χ1n) is 16.6. The second-order valence-electron chi connectivity index (χ2n) is 13.3. The number of halogens is 1. The molecule has 46 heavy (non-hydrogen) atoms. The third-order valence-corrected chi connectivity index (χ3v) is 10.4. The van der Waals surface area contributed by atoms with E-state index < -0.39 is 0 Å². The summed E-state index contributed by atoms with van der Waals surface area (Å²) in [5, 5.41) is 0.776. The quantitative estimate of drug-likeness (QED) is 0.171. The molecule has 4 aromatic carbocycles. The molecule has 0 N–H and O–H groups in total. The molecule has 6 rings (SSSR count). The summed E-state index contributed by atoms with van der Waals surface area (Å²) in [6, 6.07) is 31.6. The molecule has 0 bridgehead atoms. The van der Waals surface area contributed by atoms with Crippen molar-refractivity contribution in [3.05, 3.63) is 141 Å². The van der Waals surface area contributed by atoms with E-state index in [9.17, 15) is 0 Å². The van der Waals surface area contributed by atoms with Gasteiger partial charge in [-0.15, -0.1) is 0 Å². The van der Waals surface area contributed by atoms with Crippen LogP contribution in [0.2, 0.25) is 5.02 Å². The van der Waals surface area contributed by atoms with Crippen LogP contribution in [-0.2, 0) is 13.1 Å². The number of nitrogens with zero attached hydrogens (tertiary/aromatic N) is 3. The lowest BCUT2D eigenvalue weighted by Gasteiger charge is -2.40. The van der Waals surface area contributed by atoms with Gasteiger partial charge in [-0.1, -0.05) is 41.9 Å². The zero-order valence-electron chi connectivity index (χ0n) is 28.2. The number of likely N-dealkylation sites (tertiary alicyclic amines) is 1. The van der Waals surface area contributed by atoms with E-state index in [1.165, 1.54) is 66.9 Å². The Bertz CT molecular complexity index is 1790. The van der Waals surface area contributed by atoms with Crippen LogP contribution in [0, 0.1) is 41.5 Å². The first kappa shape index (κ1) is 32.0. The highest BCUT2D eigenvalue weighted by molar-refractivity contribution is 6.30. The van der Waals surface area contributed by atoms with E-state index >= 15 is 0 Å². The fourth-order valence-corrected chi connectivity index (χ4v) is 7.00. The molecule has 0 saturated carbocycles. The summed E-state index contributed by atoms with van der Waals surface area (Å²) in [7, 11) is 0. The van der Waals surface area contributed by atoms with E-state index in [0.717, 1.165) is 49.7 Å². The van der Waals surface area contributed by atoms with Gasteiger partial charge >= 0.3 is 0 Å². The second kappa shape index (κ2) is 13.8. The van der Waals surface area contributed by atoms with Crippen molar-refractivity contribution in [3.63, 3.8) is 0 Å². The Kier molecular flexibility index (Phi) is 9.63. The Labute approximate surface area is 280 Å². The maximum Gasteiger partial charge on any atom is 0.0705 e. The predicted molar refractivity (Wildman–Crippen MR) is 196 cm³/mol. The van der Waals surface area contributed by atoms with Crippen LogP contribution in [0.25, 0.3) is 22.4 Å². The molecule has 0 radical (unpaired) electrons. The van der Waals surface area contributed by atoms with Gasteiger partial charge in [-0.25, -0.2) is 0 Å². The van der Waals surface area contributed by atoms with Crippen molar-refractivity contribution in [1.82, 2.24) is 9.88 Å². The summed E-state index contributed by atoms with van der Waals surface area (Å²) in [4.78, 5) is 9.94. The number of benzene rings is 4. The van der Waals surface area contributed by atoms with Gasteiger partial charge in [0.15, 0.2) is 0 Å². The molecule has 0 amide bonds. The van der Waals surface area contributed by atoms with Crippen molar-refractivity contribution in [2.75, 3.05) is 18.0 Å². The summed E-state index contributed by atoms with van der Waals surface area (Å²) in [5.41, 5.74) is 16.8. The molecule has 0 unspecified atom stereocenters. The summed E-state index contributed by atoms with van der Waals surface area (Å²) >= 11 is 6.33. The lowest BCUT2D eigenvalue weighted by Crippen LogP contribution is -2.44. The number of piperidine rings is 1. The third-order valence-electron chi connectivity index (χ3n) is 10.1. The minimum absolute atomic E-state index is 0.455. The van der Waals surface area contributed by atoms with Crippen LogP contribution in [0.15, 0.2) is 91.1 Å². The summed E-state index contributed by atoms with van der Waals surface area (Å²) in [6.07, 6.45) is 4.21. The maximum atomic E-state index is 6.33. The van der Waals surface area contributed by atoms with Gasteiger partial charge in [-0.2, -0.15) is 0 Å². The van der Waals surface area contributed by atoms with Gasteiger partial charge in [0.1, 0.15) is 0 Å². The first-order chi connectivity index (χ1) is 22.1. The Hall–Kier alpha value is -3.92. The van der Waals surface area contributed by atoms with Crippen LogP contribution in [0.4, 0.5) is 5.69 Å². The van der Waals surface area contributed by atoms with Gasteiger partial charge in [0, 0.05) is 54.7 Å². The molecule has 236 valence electrons. The third kappa shape index (κ3) is 7.22. The van der Waals surface area contributed by atoms with Gasteiger partial charge in [-0.05, 0) is 165 Å². The number of rotatable bonds is 8. The smallest absolute Gasteiger partial charge is 0.0705 e. The van der Waals surface area contributed by atoms with E-state index in [4.69, 9.17) is 16.6 Å². The maximum absolute atomic E-state index is 6.33. The van der Waals surface area contributed by atoms with Crippen molar-refractivity contribution >= 4 is 17.3 Å². The molecule has 4 heteroatoms. The molecule has 0 atom stereocenters. The van der Waals surface area contributed by atoms with E-state index in [0.29, 0.717) is 6.04 Å². The van der Waals surface area contributed by atoms with E-state index in [-0.39, 0.29) is 0 Å². The SMILES string of the molecule is Cc1cc(-c2cccc(CN(c3ccc(Cl)cc3)C3CCN(Cc4ccnc(-c5cc(C)c(C)c(C)c5)c4)CC3)c2)cc(C)c1C. The van der Waals surface area contributed by atoms with E-state index in [1.54, 1.807) is 0 Å². The highest BCUT2D eigenvalue weighted by Gasteiger charge is 2.25. The Balaban J connectivity index is 1.17. The van der Waals surface area contributed by atoms with Crippen LogP contribution in [-0.4, -0.2) is 29.0 Å². The van der Waals surface area contributed by atoms with Crippen LogP contribution in [0.3, 0.4) is 0 Å². The average molecular weight is 628 g/mol. The topological polar surface area (TPSA) is 19.4 Å². The molecule has 1 fully saturated rings. The van der Waals surface area contributed by atoms with Crippen molar-refractivity contribution < 1.29 is 0 Å². The molecule has 1 aromatic heterocycles. The number of pyridine rings is 1. The molecule has 2 heterocycles. The number of anilines is 1. The highest BCUT2D eigenvalue weighted by atomic mass is 35.5. The standard InChI is InChI=1S/C42H46ClN3/c1-28-20-37(21-29(2)32(28)5)36-9-7-8-34(24-36)27-46(40-12-10-39(43)11-13-40)41-15-18-45(19-16-41)26-35-14-17-44-42(25-35)38-22-30(3)33(6)31(4)23-38/h7-14,17,20-25,41H,15-16,18-19,26-27H2,1-6H3. The minimum Gasteiger partial charge on any atom is -0.364 e. The molecular formula is C42H46ClN3. The normalized spacial score (nSPS) is 14.1. The predicted octanol–water partition coefficient (Wildman–Crippen LogP) is 10.6. The number of aryl methyl sites for hydroxylation is 4. The second-order valence-corrected chi connectivity index (χ2v) is 13.8. The average Bonchev–Trinajstić information content (AvgIpc) is 3.06. The Morgan fingerprint density at radius 1 is 0.674 bits per heavy atom. The number of hydrogen-bond donors (Lipinski definition) is 0. The fourth-order valence-electron chi connectivity index (χ4n) is 6.87. The van der Waals surface area contributed by atoms with Gasteiger partial charge in [0.05, 0.1) is 5.69 Å². The van der Waals surface area contributed by atoms with Crippen molar-refractivity contribution in [3.8, 4) is 22.4 Å². The molecule has 1 aliphatic rings. The van der Waals surface area contributed by atoms with Gasteiger partial charge in [0.25, 0.3) is 0 Å². The van der Waals surface area contributed by atoms with Gasteiger partial charge < -0.3 is 4.90 Å². The van der Waals surface area contributed by atoms with Gasteiger partial charge in [0.2, 0.25) is 0 Å². The van der Waals surface area contributed by atoms with Crippen LogP contribution in [0.1, 0.15) is 57.3 Å². The molecule has 5 aromatic rings. The van der Waals surface area contributed by atoms with Crippen molar-refractivity contribution in [2.45, 2.75) is 73.5 Å². The van der Waals surface area contributed by atoms with Crippen LogP contribution >= 0.6 is 11.6 Å². The van der Waals surface area contributed by atoms with Crippen LogP contribution in [0.5, 0.6) is 0 Å². The zero-order chi connectivity index (χ0) is 32.4. The summed E-state index contributed by atoms with van der Waals surface area (Å²) < 4.78 is 0. The van der Waals surface area contributed by atoms with Crippen LogP contribution < -0.4 is 4.90 Å². The van der Waals surface area contributed by atoms with E-state index in [2.05, 4.69) is 124 Å². The lowest BCUT2D eigenvalue weighted by molar-refractivity contribution is 0.201. The first-order valence-corrected chi connectivity index (χ1v) is 17.0. The minimum atomic E-state index is 0.455. The molecule has 1 aliphatic heterocycles. The Morgan fingerprint density at radius 2 is 1.28 bits per heavy atom. The molecule has 0 spiro atoms. The van der Waals surface area contributed by atoms with Crippen molar-refractivity contribution in [2.24, 2.45) is 0 Å². The molecule has 1 saturated heterocycles. The summed E-state index contributed by atoms with van der Waals surface area (Å²) in [6.45, 7) is 17.2.